The standard InChI is InChI=1S/C82H160O17P2/c1-6-9-12-15-18-21-24-27-30-31-32-33-34-37-40-43-46-53-58-63-68-81(86)98-77(71-92-79(84)65-60-55-50-44-41-38-35-28-25-22-19-16-13-10-7-2)73-96-100(88,89)94-69-76(83)70-95-101(90,91)97-74-78(72-93-80(85)66-61-56-51-48-47-49-54-59-64-75(4)5)99-82(87)67-62-57-52-45-42-39-36-29-26-23-20-17-14-11-8-3/h75-78,83H,6-74H2,1-5H3,(H,88,89)(H,90,91)/t76-,77-,78-/m1/s1. The van der Waals surface area contributed by atoms with E-state index in [9.17, 15) is 43.2 Å². The third-order valence-corrected chi connectivity index (χ3v) is 21.2. The molecule has 5 atom stereocenters. The summed E-state index contributed by atoms with van der Waals surface area (Å²) in [4.78, 5) is 73.1. The first-order valence-corrected chi connectivity index (χ1v) is 45.6. The first kappa shape index (κ1) is 99.1. The molecule has 600 valence electrons. The summed E-state index contributed by atoms with van der Waals surface area (Å²) in [5.74, 6) is -1.38. The van der Waals surface area contributed by atoms with Crippen molar-refractivity contribution in [2.24, 2.45) is 5.92 Å². The minimum absolute atomic E-state index is 0.108. The molecule has 17 nitrogen and oxygen atoms in total. The van der Waals surface area contributed by atoms with Crippen molar-refractivity contribution in [2.45, 2.75) is 457 Å². The summed E-state index contributed by atoms with van der Waals surface area (Å²) in [6.45, 7) is 7.31. The molecule has 0 saturated heterocycles. The van der Waals surface area contributed by atoms with Gasteiger partial charge in [-0.1, -0.05) is 388 Å². The number of aliphatic hydroxyl groups excluding tert-OH is 1. The summed E-state index contributed by atoms with van der Waals surface area (Å²) in [5.41, 5.74) is 0. The van der Waals surface area contributed by atoms with E-state index < -0.39 is 97.5 Å². The van der Waals surface area contributed by atoms with Crippen molar-refractivity contribution in [3.05, 3.63) is 0 Å². The summed E-state index contributed by atoms with van der Waals surface area (Å²) < 4.78 is 68.8. The number of phosphoric ester groups is 2. The second-order valence-electron chi connectivity index (χ2n) is 30.0. The van der Waals surface area contributed by atoms with E-state index in [1.165, 1.54) is 263 Å². The fourth-order valence-corrected chi connectivity index (χ4v) is 14.3. The van der Waals surface area contributed by atoms with Crippen LogP contribution < -0.4 is 0 Å². The summed E-state index contributed by atoms with van der Waals surface area (Å²) >= 11 is 0. The van der Waals surface area contributed by atoms with Crippen LogP contribution >= 0.6 is 15.6 Å². The Balaban J connectivity index is 5.24. The van der Waals surface area contributed by atoms with Crippen LogP contribution in [-0.4, -0.2) is 96.7 Å². The molecule has 0 bridgehead atoms. The Hall–Kier alpha value is -1.94. The Labute approximate surface area is 619 Å². The molecule has 0 amide bonds. The fourth-order valence-electron chi connectivity index (χ4n) is 12.8. The molecule has 0 aliphatic rings. The highest BCUT2D eigenvalue weighted by atomic mass is 31.2. The van der Waals surface area contributed by atoms with Crippen molar-refractivity contribution < 1.29 is 80.2 Å². The number of phosphoric acid groups is 2. The van der Waals surface area contributed by atoms with Gasteiger partial charge in [0.1, 0.15) is 19.3 Å². The quantitative estimate of drug-likeness (QED) is 0.0222. The van der Waals surface area contributed by atoms with Crippen molar-refractivity contribution in [1.82, 2.24) is 0 Å². The molecule has 0 aliphatic carbocycles. The monoisotopic (exact) mass is 1480 g/mol. The van der Waals surface area contributed by atoms with Gasteiger partial charge >= 0.3 is 39.5 Å². The number of unbranched alkanes of at least 4 members (excludes halogenated alkanes) is 54. The van der Waals surface area contributed by atoms with E-state index in [4.69, 9.17) is 37.0 Å². The van der Waals surface area contributed by atoms with E-state index in [-0.39, 0.29) is 25.7 Å². The second kappa shape index (κ2) is 74.9. The van der Waals surface area contributed by atoms with Crippen LogP contribution in [0.4, 0.5) is 0 Å². The van der Waals surface area contributed by atoms with E-state index in [1.807, 2.05) is 0 Å². The molecule has 3 N–H and O–H groups in total. The number of esters is 4. The van der Waals surface area contributed by atoms with E-state index >= 15 is 0 Å². The van der Waals surface area contributed by atoms with Crippen molar-refractivity contribution in [2.75, 3.05) is 39.6 Å². The zero-order chi connectivity index (χ0) is 74.1. The van der Waals surface area contributed by atoms with Gasteiger partial charge in [0, 0.05) is 25.7 Å². The summed E-state index contributed by atoms with van der Waals surface area (Å²) in [6, 6.07) is 0. The van der Waals surface area contributed by atoms with Crippen molar-refractivity contribution in [1.29, 1.82) is 0 Å². The average Bonchev–Trinajstić information content (AvgIpc) is 0.958. The molecular weight excluding hydrogens is 1320 g/mol. The second-order valence-corrected chi connectivity index (χ2v) is 32.9. The number of aliphatic hydroxyl groups is 1. The van der Waals surface area contributed by atoms with Crippen LogP contribution in [0.1, 0.15) is 439 Å². The number of hydrogen-bond donors (Lipinski definition) is 3. The van der Waals surface area contributed by atoms with Gasteiger partial charge in [0.05, 0.1) is 26.4 Å². The van der Waals surface area contributed by atoms with Gasteiger partial charge in [-0.3, -0.25) is 37.3 Å². The van der Waals surface area contributed by atoms with Gasteiger partial charge in [-0.05, 0) is 31.6 Å². The van der Waals surface area contributed by atoms with E-state index in [1.54, 1.807) is 0 Å². The molecule has 0 fully saturated rings. The molecule has 2 unspecified atom stereocenters. The van der Waals surface area contributed by atoms with Gasteiger partial charge in [-0.25, -0.2) is 9.13 Å². The summed E-state index contributed by atoms with van der Waals surface area (Å²) in [6.07, 6.45) is 66.6. The molecule has 0 spiro atoms. The Bertz CT molecular complexity index is 1930. The fraction of sp³-hybridized carbons (Fsp3) is 0.951. The predicted octanol–water partition coefficient (Wildman–Crippen LogP) is 24.8. The van der Waals surface area contributed by atoms with E-state index in [0.717, 1.165) is 95.8 Å². The highest BCUT2D eigenvalue weighted by molar-refractivity contribution is 7.47. The number of hydrogen-bond acceptors (Lipinski definition) is 15. The number of carbonyl (C=O) groups is 4. The summed E-state index contributed by atoms with van der Waals surface area (Å²) in [5, 5.41) is 10.7. The Morgan fingerprint density at radius 3 is 0.673 bits per heavy atom. The van der Waals surface area contributed by atoms with Gasteiger partial charge in [-0.2, -0.15) is 0 Å². The van der Waals surface area contributed by atoms with E-state index in [0.29, 0.717) is 25.7 Å². The van der Waals surface area contributed by atoms with Crippen molar-refractivity contribution in [3.8, 4) is 0 Å². The van der Waals surface area contributed by atoms with Gasteiger partial charge in [-0.15, -0.1) is 0 Å². The molecule has 0 aromatic carbocycles. The van der Waals surface area contributed by atoms with Gasteiger partial charge < -0.3 is 33.8 Å². The molecule has 0 aromatic rings. The van der Waals surface area contributed by atoms with Crippen LogP contribution in [0.2, 0.25) is 0 Å². The lowest BCUT2D eigenvalue weighted by Crippen LogP contribution is -2.30. The van der Waals surface area contributed by atoms with E-state index in [2.05, 4.69) is 34.6 Å². The molecule has 0 aromatic heterocycles. The lowest BCUT2D eigenvalue weighted by atomic mass is 10.0. The van der Waals surface area contributed by atoms with Crippen molar-refractivity contribution in [3.63, 3.8) is 0 Å². The normalized spacial score (nSPS) is 13.8. The Morgan fingerprint density at radius 1 is 0.267 bits per heavy atom. The number of rotatable bonds is 82. The first-order chi connectivity index (χ1) is 49.0. The SMILES string of the molecule is CCCCCCCCCCCCCCCCCCCCCCC(=O)O[C@H](COC(=O)CCCCCCCCCCCCCCCCC)COP(=O)(O)OC[C@@H](O)COP(=O)(O)OC[C@@H](COC(=O)CCCCCCCCCCC(C)C)OC(=O)CCCCCCCCCCCCCCCCC. The lowest BCUT2D eigenvalue weighted by Gasteiger charge is -2.21. The maximum Gasteiger partial charge on any atom is 0.472 e. The zero-order valence-electron chi connectivity index (χ0n) is 66.1. The number of ether oxygens (including phenoxy) is 4. The van der Waals surface area contributed by atoms with Crippen molar-refractivity contribution >= 4 is 39.5 Å². The largest absolute Gasteiger partial charge is 0.472 e. The van der Waals surface area contributed by atoms with Gasteiger partial charge in [0.15, 0.2) is 12.2 Å². The van der Waals surface area contributed by atoms with Crippen LogP contribution in [-0.2, 0) is 65.4 Å². The zero-order valence-corrected chi connectivity index (χ0v) is 67.8. The predicted molar refractivity (Wildman–Crippen MR) is 414 cm³/mol. The van der Waals surface area contributed by atoms with Crippen LogP contribution in [0.15, 0.2) is 0 Å². The topological polar surface area (TPSA) is 237 Å². The maximum atomic E-state index is 13.1. The highest BCUT2D eigenvalue weighted by Gasteiger charge is 2.30. The van der Waals surface area contributed by atoms with Crippen LogP contribution in [0.25, 0.3) is 0 Å². The first-order valence-electron chi connectivity index (χ1n) is 42.6. The minimum atomic E-state index is -4.96. The number of carbonyl (C=O) groups excluding carboxylic acids is 4. The third-order valence-electron chi connectivity index (χ3n) is 19.3. The van der Waals surface area contributed by atoms with Crippen LogP contribution in [0, 0.1) is 5.92 Å². The Kier molecular flexibility index (Phi) is 73.5. The Morgan fingerprint density at radius 2 is 0.455 bits per heavy atom. The van der Waals surface area contributed by atoms with Crippen LogP contribution in [0.5, 0.6) is 0 Å². The molecule has 19 heteroatoms. The van der Waals surface area contributed by atoms with Crippen LogP contribution in [0.3, 0.4) is 0 Å². The lowest BCUT2D eigenvalue weighted by molar-refractivity contribution is -0.161. The minimum Gasteiger partial charge on any atom is -0.462 e. The molecule has 0 heterocycles. The molecule has 0 rings (SSSR count). The van der Waals surface area contributed by atoms with Gasteiger partial charge in [0.2, 0.25) is 0 Å². The smallest absolute Gasteiger partial charge is 0.462 e. The third kappa shape index (κ3) is 76.1. The average molecular weight is 1480 g/mol. The molecule has 0 aliphatic heterocycles. The molecule has 101 heavy (non-hydrogen) atoms. The molecule has 0 radical (unpaired) electrons. The maximum absolute atomic E-state index is 13.1. The molecule has 0 saturated carbocycles. The summed E-state index contributed by atoms with van der Waals surface area (Å²) in [7, 11) is -9.92. The highest BCUT2D eigenvalue weighted by Crippen LogP contribution is 2.45. The van der Waals surface area contributed by atoms with Gasteiger partial charge in [0.25, 0.3) is 0 Å². The molecular formula is C82H160O17P2.